The molecule has 0 saturated heterocycles. The second-order valence-corrected chi connectivity index (χ2v) is 7.24. The maximum atomic E-state index is 10.8. The monoisotopic (exact) mass is 319 g/mol. The molecule has 2 rings (SSSR count). The molecule has 1 aliphatic heterocycles. The number of hydrogen-bond acceptors (Lipinski definition) is 3. The lowest BCUT2D eigenvalue weighted by molar-refractivity contribution is 0.0200. The van der Waals surface area contributed by atoms with Gasteiger partial charge in [-0.3, -0.25) is 0 Å². The molecule has 1 aliphatic rings. The van der Waals surface area contributed by atoms with Crippen molar-refractivity contribution in [3.8, 4) is 0 Å². The predicted octanol–water partition coefficient (Wildman–Crippen LogP) is 3.32. The van der Waals surface area contributed by atoms with Crippen molar-refractivity contribution in [1.82, 2.24) is 5.32 Å². The van der Waals surface area contributed by atoms with Crippen molar-refractivity contribution in [2.24, 2.45) is 0 Å². The van der Waals surface area contributed by atoms with Crippen LogP contribution in [0.5, 0.6) is 0 Å². The van der Waals surface area contributed by atoms with Gasteiger partial charge in [-0.1, -0.05) is 19.1 Å². The van der Waals surface area contributed by atoms with Gasteiger partial charge in [-0.2, -0.15) is 0 Å². The smallest absolute Gasteiger partial charge is 0.126 e. The number of thioether (sulfide) groups is 1. The average molecular weight is 320 g/mol. The van der Waals surface area contributed by atoms with E-state index in [2.05, 4.69) is 17.4 Å². The Labute approximate surface area is 128 Å². The summed E-state index contributed by atoms with van der Waals surface area (Å²) in [6.07, 6.45) is 1.10. The first-order chi connectivity index (χ1) is 8.96. The third-order valence-electron chi connectivity index (χ3n) is 3.56. The minimum absolute atomic E-state index is 0.398. The summed E-state index contributed by atoms with van der Waals surface area (Å²) in [4.78, 5) is 0.588. The van der Waals surface area contributed by atoms with E-state index in [1.807, 2.05) is 24.8 Å². The third-order valence-corrected chi connectivity index (χ3v) is 5.17. The number of nitrogens with one attached hydrogen (secondary N) is 1. The van der Waals surface area contributed by atoms with Crippen LogP contribution < -0.4 is 5.32 Å². The molecule has 0 bridgehead atoms. The standard InChI is InChI=1S/C14H19Cl2NOS/c1-3-17-12(13(15)16)14(2,18)10-5-4-9-6-7-19-11(9)8-10/h4-5,8,12-13,17-18H,3,6-7H2,1-2H3. The number of rotatable bonds is 5. The summed E-state index contributed by atoms with van der Waals surface area (Å²) >= 11 is 13.9. The molecular weight excluding hydrogens is 301 g/mol. The van der Waals surface area contributed by atoms with Crippen molar-refractivity contribution >= 4 is 35.0 Å². The summed E-state index contributed by atoms with van der Waals surface area (Å²) in [5, 5.41) is 14.0. The molecule has 2 unspecified atom stereocenters. The van der Waals surface area contributed by atoms with Crippen LogP contribution in [0.3, 0.4) is 0 Å². The van der Waals surface area contributed by atoms with E-state index in [0.29, 0.717) is 6.54 Å². The molecule has 1 aromatic rings. The van der Waals surface area contributed by atoms with Crippen LogP contribution >= 0.6 is 35.0 Å². The van der Waals surface area contributed by atoms with E-state index < -0.39 is 16.5 Å². The van der Waals surface area contributed by atoms with Crippen molar-refractivity contribution in [2.75, 3.05) is 12.3 Å². The van der Waals surface area contributed by atoms with Gasteiger partial charge in [0, 0.05) is 10.6 Å². The number of hydrogen-bond donors (Lipinski definition) is 2. The van der Waals surface area contributed by atoms with Gasteiger partial charge in [0.15, 0.2) is 0 Å². The van der Waals surface area contributed by atoms with Crippen LogP contribution in [0.25, 0.3) is 0 Å². The van der Waals surface area contributed by atoms with Gasteiger partial charge < -0.3 is 10.4 Å². The summed E-state index contributed by atoms with van der Waals surface area (Å²) in [5.41, 5.74) is 1.12. The number of aliphatic hydroxyl groups is 1. The van der Waals surface area contributed by atoms with Crippen LogP contribution in [0.4, 0.5) is 0 Å². The molecule has 106 valence electrons. The molecule has 0 fully saturated rings. The lowest BCUT2D eigenvalue weighted by atomic mass is 9.88. The van der Waals surface area contributed by atoms with Crippen LogP contribution in [-0.4, -0.2) is 28.3 Å². The molecule has 2 N–H and O–H groups in total. The highest BCUT2D eigenvalue weighted by atomic mass is 35.5. The minimum atomic E-state index is -1.09. The molecule has 0 radical (unpaired) electrons. The molecule has 2 nitrogen and oxygen atoms in total. The Kier molecular flexibility index (Phi) is 5.07. The first-order valence-corrected chi connectivity index (χ1v) is 8.32. The summed E-state index contributed by atoms with van der Waals surface area (Å²) in [6, 6.07) is 5.74. The molecule has 0 aliphatic carbocycles. The summed E-state index contributed by atoms with van der Waals surface area (Å²) in [6.45, 7) is 4.44. The zero-order chi connectivity index (χ0) is 14.0. The lowest BCUT2D eigenvalue weighted by Crippen LogP contribution is -2.50. The number of halogens is 2. The second kappa shape index (κ2) is 6.23. The fourth-order valence-corrected chi connectivity index (χ4v) is 4.19. The largest absolute Gasteiger partial charge is 0.384 e. The highest BCUT2D eigenvalue weighted by molar-refractivity contribution is 7.99. The third kappa shape index (κ3) is 3.22. The average Bonchev–Trinajstić information content (AvgIpc) is 2.82. The van der Waals surface area contributed by atoms with Crippen molar-refractivity contribution in [1.29, 1.82) is 0 Å². The van der Waals surface area contributed by atoms with E-state index >= 15 is 0 Å². The Morgan fingerprint density at radius 2 is 2.21 bits per heavy atom. The highest BCUT2D eigenvalue weighted by Gasteiger charge is 2.37. The Bertz CT molecular complexity index is 451. The summed E-state index contributed by atoms with van der Waals surface area (Å²) < 4.78 is 0. The quantitative estimate of drug-likeness (QED) is 0.816. The molecule has 0 amide bonds. The zero-order valence-corrected chi connectivity index (χ0v) is 13.4. The number of alkyl halides is 2. The number of fused-ring (bicyclic) bond motifs is 1. The van der Waals surface area contributed by atoms with Gasteiger partial charge in [0.2, 0.25) is 0 Å². The highest BCUT2D eigenvalue weighted by Crippen LogP contribution is 2.37. The van der Waals surface area contributed by atoms with Crippen molar-refractivity contribution < 1.29 is 5.11 Å². The second-order valence-electron chi connectivity index (χ2n) is 4.94. The normalized spacial score (nSPS) is 19.3. The van der Waals surface area contributed by atoms with Gasteiger partial charge in [-0.25, -0.2) is 0 Å². The van der Waals surface area contributed by atoms with Crippen LogP contribution in [0, 0.1) is 0 Å². The Morgan fingerprint density at radius 1 is 1.47 bits per heavy atom. The van der Waals surface area contributed by atoms with Crippen LogP contribution in [0.1, 0.15) is 25.0 Å². The van der Waals surface area contributed by atoms with Crippen molar-refractivity contribution in [2.45, 2.75) is 41.6 Å². The van der Waals surface area contributed by atoms with Crippen LogP contribution in [0.15, 0.2) is 23.1 Å². The molecular formula is C14H19Cl2NOS. The van der Waals surface area contributed by atoms with Gasteiger partial charge in [-0.05, 0) is 37.1 Å². The van der Waals surface area contributed by atoms with Crippen molar-refractivity contribution in [3.05, 3.63) is 29.3 Å². The van der Waals surface area contributed by atoms with E-state index in [9.17, 15) is 5.11 Å². The first-order valence-electron chi connectivity index (χ1n) is 6.47. The number of likely N-dealkylation sites (N-methyl/N-ethyl adjacent to an activating group) is 1. The van der Waals surface area contributed by atoms with E-state index in [1.165, 1.54) is 10.5 Å². The predicted molar refractivity (Wildman–Crippen MR) is 83.4 cm³/mol. The molecule has 19 heavy (non-hydrogen) atoms. The van der Waals surface area contributed by atoms with Gasteiger partial charge in [0.05, 0.1) is 6.04 Å². The van der Waals surface area contributed by atoms with E-state index in [-0.39, 0.29) is 0 Å². The van der Waals surface area contributed by atoms with Gasteiger partial charge in [0.25, 0.3) is 0 Å². The Balaban J connectivity index is 2.31. The molecule has 0 saturated carbocycles. The first kappa shape index (κ1) is 15.5. The maximum Gasteiger partial charge on any atom is 0.126 e. The summed E-state index contributed by atoms with van der Waals surface area (Å²) in [5.74, 6) is 1.12. The lowest BCUT2D eigenvalue weighted by Gasteiger charge is -2.35. The molecule has 1 heterocycles. The van der Waals surface area contributed by atoms with E-state index in [0.717, 1.165) is 17.7 Å². The van der Waals surface area contributed by atoms with E-state index in [4.69, 9.17) is 23.2 Å². The number of benzene rings is 1. The van der Waals surface area contributed by atoms with Crippen LogP contribution in [-0.2, 0) is 12.0 Å². The number of aryl methyl sites for hydroxylation is 1. The molecule has 2 atom stereocenters. The molecule has 5 heteroatoms. The van der Waals surface area contributed by atoms with Gasteiger partial charge in [-0.15, -0.1) is 35.0 Å². The Morgan fingerprint density at radius 3 is 2.84 bits per heavy atom. The zero-order valence-electron chi connectivity index (χ0n) is 11.1. The minimum Gasteiger partial charge on any atom is -0.384 e. The molecule has 0 aromatic heterocycles. The van der Waals surface area contributed by atoms with Gasteiger partial charge in [0.1, 0.15) is 10.4 Å². The van der Waals surface area contributed by atoms with E-state index in [1.54, 1.807) is 6.92 Å². The molecule has 1 aromatic carbocycles. The van der Waals surface area contributed by atoms with Gasteiger partial charge >= 0.3 is 0 Å². The van der Waals surface area contributed by atoms with Crippen molar-refractivity contribution in [3.63, 3.8) is 0 Å². The maximum absolute atomic E-state index is 10.8. The fourth-order valence-electron chi connectivity index (χ4n) is 2.41. The topological polar surface area (TPSA) is 32.3 Å². The SMILES string of the molecule is CCNC(C(Cl)Cl)C(C)(O)c1ccc2c(c1)SCC2. The molecule has 0 spiro atoms. The fraction of sp³-hybridized carbons (Fsp3) is 0.571. The van der Waals surface area contributed by atoms with Crippen LogP contribution in [0.2, 0.25) is 0 Å². The summed E-state index contributed by atoms with van der Waals surface area (Å²) in [7, 11) is 0. The Hall–Kier alpha value is 0.0700.